The van der Waals surface area contributed by atoms with Crippen molar-refractivity contribution in [3.05, 3.63) is 64.9 Å². The molecule has 0 aliphatic carbocycles. The summed E-state index contributed by atoms with van der Waals surface area (Å²) >= 11 is 1.63. The number of amides is 2. The summed E-state index contributed by atoms with van der Waals surface area (Å²) in [5.74, 6) is 1.65. The van der Waals surface area contributed by atoms with E-state index in [1.54, 1.807) is 45.6 Å². The molecule has 3 aliphatic heterocycles. The SMILES string of the molecule is Cc1ccc(C(=N)c2nc(N3CC[C@]4(CCN(CC(=O)N5CCC(c6ncc(-c7ncn(C)n7)s6)CC5)C4)C3=O)ccc2N)cn1. The van der Waals surface area contributed by atoms with Crippen molar-refractivity contribution in [2.75, 3.05) is 49.9 Å². The second kappa shape index (κ2) is 12.0. The van der Waals surface area contributed by atoms with Gasteiger partial charge in [0, 0.05) is 62.8 Å². The Morgan fingerprint density at radius 3 is 2.61 bits per heavy atom. The van der Waals surface area contributed by atoms with E-state index >= 15 is 0 Å². The predicted octanol–water partition coefficient (Wildman–Crippen LogP) is 2.87. The number of nitrogen functional groups attached to an aromatic ring is 1. The maximum absolute atomic E-state index is 13.9. The molecule has 3 saturated heterocycles. The molecule has 7 rings (SSSR count). The average Bonchev–Trinajstić information content (AvgIpc) is 3.87. The minimum Gasteiger partial charge on any atom is -0.397 e. The number of nitrogens with two attached hydrogens (primary N) is 1. The molecule has 0 saturated carbocycles. The van der Waals surface area contributed by atoms with Gasteiger partial charge in [-0.15, -0.1) is 11.3 Å². The van der Waals surface area contributed by atoms with Crippen LogP contribution in [0.1, 0.15) is 53.6 Å². The van der Waals surface area contributed by atoms with Gasteiger partial charge in [0.05, 0.1) is 33.2 Å². The minimum absolute atomic E-state index is 0.0266. The van der Waals surface area contributed by atoms with E-state index < -0.39 is 5.41 Å². The average molecular weight is 640 g/mol. The van der Waals surface area contributed by atoms with Crippen molar-refractivity contribution < 1.29 is 9.59 Å². The van der Waals surface area contributed by atoms with Gasteiger partial charge in [0.25, 0.3) is 0 Å². The molecule has 46 heavy (non-hydrogen) atoms. The predicted molar refractivity (Wildman–Crippen MR) is 175 cm³/mol. The van der Waals surface area contributed by atoms with Crippen molar-refractivity contribution in [1.29, 1.82) is 5.41 Å². The molecule has 7 heterocycles. The number of nitrogens with zero attached hydrogens (tertiary/aromatic N) is 9. The zero-order chi connectivity index (χ0) is 32.0. The number of nitrogens with one attached hydrogen (secondary N) is 1. The molecular weight excluding hydrogens is 602 g/mol. The van der Waals surface area contributed by atoms with E-state index in [4.69, 9.17) is 11.1 Å². The number of rotatable bonds is 7. The molecule has 0 unspecified atom stereocenters. The fraction of sp³-hybridized carbons (Fsp3) is 0.438. The lowest BCUT2D eigenvalue weighted by Gasteiger charge is -2.32. The van der Waals surface area contributed by atoms with Crippen molar-refractivity contribution >= 4 is 40.4 Å². The molecule has 13 nitrogen and oxygen atoms in total. The summed E-state index contributed by atoms with van der Waals surface area (Å²) in [7, 11) is 1.85. The van der Waals surface area contributed by atoms with Crippen LogP contribution in [0.15, 0.2) is 43.0 Å². The third-order valence-electron chi connectivity index (χ3n) is 9.47. The van der Waals surface area contributed by atoms with E-state index in [0.29, 0.717) is 86.6 Å². The van der Waals surface area contributed by atoms with Crippen molar-refractivity contribution in [1.82, 2.24) is 39.5 Å². The van der Waals surface area contributed by atoms with Crippen LogP contribution in [0.4, 0.5) is 11.5 Å². The summed E-state index contributed by atoms with van der Waals surface area (Å²) in [5.41, 5.74) is 8.03. The van der Waals surface area contributed by atoms with Crippen LogP contribution in [0.25, 0.3) is 10.7 Å². The smallest absolute Gasteiger partial charge is 0.236 e. The molecular formula is C32H37N11O2S. The molecule has 2 amide bonds. The van der Waals surface area contributed by atoms with Gasteiger partial charge in [-0.25, -0.2) is 15.0 Å². The molecule has 1 atom stereocenters. The van der Waals surface area contributed by atoms with Gasteiger partial charge >= 0.3 is 0 Å². The molecule has 3 aliphatic rings. The van der Waals surface area contributed by atoms with E-state index in [9.17, 15) is 9.59 Å². The first-order valence-electron chi connectivity index (χ1n) is 15.6. The lowest BCUT2D eigenvalue weighted by Crippen LogP contribution is -2.44. The Labute approximate surface area is 271 Å². The maximum atomic E-state index is 13.9. The first-order chi connectivity index (χ1) is 22.2. The van der Waals surface area contributed by atoms with Crippen molar-refractivity contribution in [2.24, 2.45) is 12.5 Å². The minimum atomic E-state index is -0.532. The summed E-state index contributed by atoms with van der Waals surface area (Å²) in [5, 5.41) is 14.1. The first kappa shape index (κ1) is 30.1. The zero-order valence-corrected chi connectivity index (χ0v) is 26.8. The standard InChI is InChI=1S/C32H37N11O2S/c1-20-3-4-22(15-35-20)27(34)28-23(33)5-6-25(38-28)43-14-10-32(31(43)45)9-13-41(18-32)17-26(44)42-11-7-21(8-12-42)30-36-16-24(46-30)29-37-19-40(2)39-29/h3-6,15-16,19,21,34H,7-14,17-18,33H2,1-2H3/t32-/m0/s1. The maximum Gasteiger partial charge on any atom is 0.236 e. The van der Waals surface area contributed by atoms with Crippen LogP contribution >= 0.6 is 11.3 Å². The number of aryl methyl sites for hydroxylation is 2. The number of pyridine rings is 2. The normalized spacial score (nSPS) is 20.7. The number of anilines is 2. The lowest BCUT2D eigenvalue weighted by molar-refractivity contribution is -0.133. The fourth-order valence-electron chi connectivity index (χ4n) is 6.77. The lowest BCUT2D eigenvalue weighted by atomic mass is 9.85. The highest BCUT2D eigenvalue weighted by Gasteiger charge is 2.51. The third kappa shape index (κ3) is 5.66. The van der Waals surface area contributed by atoms with Gasteiger partial charge in [-0.05, 0) is 63.4 Å². The Hall–Kier alpha value is -4.56. The number of piperidine rings is 1. The Kier molecular flexibility index (Phi) is 7.85. The van der Waals surface area contributed by atoms with E-state index in [2.05, 4.69) is 29.9 Å². The van der Waals surface area contributed by atoms with Gasteiger partial charge in [0.2, 0.25) is 11.8 Å². The number of carbonyl (C=O) groups is 2. The van der Waals surface area contributed by atoms with Crippen LogP contribution in [0.3, 0.4) is 0 Å². The number of hydrogen-bond donors (Lipinski definition) is 2. The van der Waals surface area contributed by atoms with E-state index in [0.717, 1.165) is 28.4 Å². The molecule has 4 aromatic rings. The highest BCUT2D eigenvalue weighted by Crippen LogP contribution is 2.42. The van der Waals surface area contributed by atoms with Gasteiger partial charge in [-0.3, -0.25) is 34.5 Å². The van der Waals surface area contributed by atoms with Crippen LogP contribution < -0.4 is 10.6 Å². The van der Waals surface area contributed by atoms with Crippen LogP contribution in [0.5, 0.6) is 0 Å². The second-order valence-electron chi connectivity index (χ2n) is 12.6. The van der Waals surface area contributed by atoms with Crippen LogP contribution in [-0.4, -0.2) is 96.3 Å². The number of aromatic nitrogens is 6. The molecule has 3 N–H and O–H groups in total. The molecule has 0 radical (unpaired) electrons. The quantitative estimate of drug-likeness (QED) is 0.290. The third-order valence-corrected chi connectivity index (χ3v) is 10.6. The van der Waals surface area contributed by atoms with Gasteiger partial charge < -0.3 is 10.6 Å². The highest BCUT2D eigenvalue weighted by atomic mass is 32.1. The van der Waals surface area contributed by atoms with Gasteiger partial charge in [-0.1, -0.05) is 0 Å². The molecule has 3 fully saturated rings. The molecule has 14 heteroatoms. The molecule has 4 aromatic heterocycles. The van der Waals surface area contributed by atoms with Crippen LogP contribution in [0.2, 0.25) is 0 Å². The number of carbonyl (C=O) groups excluding carboxylic acids is 2. The first-order valence-corrected chi connectivity index (χ1v) is 16.4. The van der Waals surface area contributed by atoms with Crippen molar-refractivity contribution in [2.45, 2.75) is 38.5 Å². The van der Waals surface area contributed by atoms with E-state index in [-0.39, 0.29) is 17.5 Å². The Balaban J connectivity index is 0.944. The fourth-order valence-corrected chi connectivity index (χ4v) is 7.80. The Morgan fingerprint density at radius 1 is 1.07 bits per heavy atom. The van der Waals surface area contributed by atoms with Crippen molar-refractivity contribution in [3.63, 3.8) is 0 Å². The van der Waals surface area contributed by atoms with Gasteiger partial charge in [0.15, 0.2) is 5.82 Å². The Morgan fingerprint density at radius 2 is 1.87 bits per heavy atom. The summed E-state index contributed by atoms with van der Waals surface area (Å²) < 4.78 is 1.69. The van der Waals surface area contributed by atoms with Crippen molar-refractivity contribution in [3.8, 4) is 10.7 Å². The summed E-state index contributed by atoms with van der Waals surface area (Å²) in [6.07, 6.45) is 8.33. The molecule has 1 spiro atoms. The number of hydrogen-bond acceptors (Lipinski definition) is 11. The van der Waals surface area contributed by atoms with E-state index in [1.807, 2.05) is 37.2 Å². The highest BCUT2D eigenvalue weighted by molar-refractivity contribution is 7.15. The Bertz CT molecular complexity index is 1790. The number of likely N-dealkylation sites (tertiary alicyclic amines) is 2. The topological polar surface area (TPSA) is 163 Å². The largest absolute Gasteiger partial charge is 0.397 e. The summed E-state index contributed by atoms with van der Waals surface area (Å²) in [6.45, 7) is 5.41. The molecule has 238 valence electrons. The number of thiazole rings is 1. The summed E-state index contributed by atoms with van der Waals surface area (Å²) in [6, 6.07) is 7.12. The summed E-state index contributed by atoms with van der Waals surface area (Å²) in [4.78, 5) is 51.9. The molecule has 0 bridgehead atoms. The zero-order valence-electron chi connectivity index (χ0n) is 26.0. The van der Waals surface area contributed by atoms with Crippen LogP contribution in [-0.2, 0) is 16.6 Å². The second-order valence-corrected chi connectivity index (χ2v) is 13.6. The van der Waals surface area contributed by atoms with E-state index in [1.165, 1.54) is 0 Å². The monoisotopic (exact) mass is 639 g/mol. The van der Waals surface area contributed by atoms with Gasteiger partial charge in [0.1, 0.15) is 17.8 Å². The van der Waals surface area contributed by atoms with Crippen LogP contribution in [0, 0.1) is 17.7 Å². The molecule has 0 aromatic carbocycles. The van der Waals surface area contributed by atoms with Gasteiger partial charge in [-0.2, -0.15) is 5.10 Å².